The van der Waals surface area contributed by atoms with Crippen LogP contribution >= 0.6 is 0 Å². The summed E-state index contributed by atoms with van der Waals surface area (Å²) in [5.74, 6) is 1.60. The van der Waals surface area contributed by atoms with Crippen molar-refractivity contribution in [1.29, 1.82) is 0 Å². The molecule has 2 aromatic rings. The Bertz CT molecular complexity index is 515. The van der Waals surface area contributed by atoms with Crippen LogP contribution in [0.2, 0.25) is 0 Å². The van der Waals surface area contributed by atoms with Gasteiger partial charge in [-0.2, -0.15) is 0 Å². The largest absolute Gasteiger partial charge is 0.497 e. The molecule has 1 aliphatic rings. The Balaban J connectivity index is 1.91. The van der Waals surface area contributed by atoms with Crippen molar-refractivity contribution in [2.24, 2.45) is 0 Å². The van der Waals surface area contributed by atoms with E-state index in [1.165, 1.54) is 18.5 Å². The molecule has 1 heterocycles. The first kappa shape index (κ1) is 10.3. The highest BCUT2D eigenvalue weighted by atomic mass is 16.5. The second kappa shape index (κ2) is 4.21. The first-order valence-electron chi connectivity index (χ1n) is 5.97. The van der Waals surface area contributed by atoms with E-state index in [-0.39, 0.29) is 0 Å². The molecular formula is C15H15NO. The van der Waals surface area contributed by atoms with Gasteiger partial charge in [-0.25, -0.2) is 0 Å². The number of hydrogen-bond donors (Lipinski definition) is 0. The Morgan fingerprint density at radius 3 is 2.65 bits per heavy atom. The lowest BCUT2D eigenvalue weighted by atomic mass is 10.1. The average molecular weight is 225 g/mol. The van der Waals surface area contributed by atoms with Gasteiger partial charge in [0.05, 0.1) is 7.11 Å². The summed E-state index contributed by atoms with van der Waals surface area (Å²) in [5.41, 5.74) is 3.53. The van der Waals surface area contributed by atoms with E-state index >= 15 is 0 Å². The monoisotopic (exact) mass is 225 g/mol. The summed E-state index contributed by atoms with van der Waals surface area (Å²) in [6, 6.07) is 12.4. The van der Waals surface area contributed by atoms with Gasteiger partial charge in [0.15, 0.2) is 0 Å². The standard InChI is InChI=1S/C15H15NO/c1-17-14-4-2-3-12(9-14)13-7-8-15(16-10-13)11-5-6-11/h2-4,7-11H,5-6H2,1H3. The molecule has 0 amide bonds. The molecule has 1 aromatic carbocycles. The summed E-state index contributed by atoms with van der Waals surface area (Å²) in [4.78, 5) is 4.53. The van der Waals surface area contributed by atoms with Gasteiger partial charge in [0.25, 0.3) is 0 Å². The SMILES string of the molecule is COc1cccc(-c2ccc(C3CC3)nc2)c1. The molecule has 0 atom stereocenters. The molecule has 0 bridgehead atoms. The summed E-state index contributed by atoms with van der Waals surface area (Å²) in [6.07, 6.45) is 4.55. The molecule has 0 aliphatic heterocycles. The third-order valence-electron chi connectivity index (χ3n) is 3.19. The third-order valence-corrected chi connectivity index (χ3v) is 3.19. The normalized spacial score (nSPS) is 14.6. The molecule has 1 aromatic heterocycles. The van der Waals surface area contributed by atoms with E-state index in [0.717, 1.165) is 16.9 Å². The molecule has 0 radical (unpaired) electrons. The Morgan fingerprint density at radius 1 is 1.12 bits per heavy atom. The molecule has 0 saturated heterocycles. The van der Waals surface area contributed by atoms with Crippen LogP contribution in [-0.2, 0) is 0 Å². The van der Waals surface area contributed by atoms with Crippen LogP contribution in [0.3, 0.4) is 0 Å². The molecule has 0 N–H and O–H groups in total. The fourth-order valence-corrected chi connectivity index (χ4v) is 2.00. The molecule has 17 heavy (non-hydrogen) atoms. The highest BCUT2D eigenvalue weighted by molar-refractivity contribution is 5.64. The predicted octanol–water partition coefficient (Wildman–Crippen LogP) is 3.63. The van der Waals surface area contributed by atoms with Gasteiger partial charge in [-0.15, -0.1) is 0 Å². The molecular weight excluding hydrogens is 210 g/mol. The number of pyridine rings is 1. The minimum atomic E-state index is 0.717. The van der Waals surface area contributed by atoms with Crippen LogP contribution in [0.5, 0.6) is 5.75 Å². The number of methoxy groups -OCH3 is 1. The zero-order chi connectivity index (χ0) is 11.7. The average Bonchev–Trinajstić information content (AvgIpc) is 3.23. The Kier molecular flexibility index (Phi) is 2.56. The van der Waals surface area contributed by atoms with E-state index < -0.39 is 0 Å². The molecule has 1 saturated carbocycles. The predicted molar refractivity (Wildman–Crippen MR) is 68.2 cm³/mol. The highest BCUT2D eigenvalue weighted by Crippen LogP contribution is 2.39. The summed E-state index contributed by atoms with van der Waals surface area (Å²) >= 11 is 0. The maximum Gasteiger partial charge on any atom is 0.119 e. The minimum absolute atomic E-state index is 0.717. The third kappa shape index (κ3) is 2.16. The minimum Gasteiger partial charge on any atom is -0.497 e. The van der Waals surface area contributed by atoms with E-state index in [9.17, 15) is 0 Å². The summed E-state index contributed by atoms with van der Waals surface area (Å²) in [6.45, 7) is 0. The quantitative estimate of drug-likeness (QED) is 0.795. The second-order valence-corrected chi connectivity index (χ2v) is 4.48. The van der Waals surface area contributed by atoms with Crippen LogP contribution in [0.1, 0.15) is 24.5 Å². The van der Waals surface area contributed by atoms with Gasteiger partial charge in [-0.1, -0.05) is 18.2 Å². The Morgan fingerprint density at radius 2 is 2.00 bits per heavy atom. The molecule has 2 heteroatoms. The molecule has 3 rings (SSSR count). The van der Waals surface area contributed by atoms with Gasteiger partial charge in [-0.05, 0) is 36.6 Å². The van der Waals surface area contributed by atoms with Gasteiger partial charge >= 0.3 is 0 Å². The van der Waals surface area contributed by atoms with E-state index in [0.29, 0.717) is 5.92 Å². The number of nitrogens with zero attached hydrogens (tertiary/aromatic N) is 1. The van der Waals surface area contributed by atoms with E-state index in [4.69, 9.17) is 4.74 Å². The van der Waals surface area contributed by atoms with E-state index in [1.54, 1.807) is 7.11 Å². The second-order valence-electron chi connectivity index (χ2n) is 4.48. The van der Waals surface area contributed by atoms with Gasteiger partial charge in [-0.3, -0.25) is 4.98 Å². The van der Waals surface area contributed by atoms with Crippen molar-refractivity contribution in [2.75, 3.05) is 7.11 Å². The van der Waals surface area contributed by atoms with E-state index in [2.05, 4.69) is 23.2 Å². The van der Waals surface area contributed by atoms with E-state index in [1.807, 2.05) is 24.4 Å². The fraction of sp³-hybridized carbons (Fsp3) is 0.267. The lowest BCUT2D eigenvalue weighted by Gasteiger charge is -2.05. The van der Waals surface area contributed by atoms with Crippen molar-refractivity contribution in [1.82, 2.24) is 4.98 Å². The Hall–Kier alpha value is -1.83. The number of benzene rings is 1. The number of ether oxygens (including phenoxy) is 1. The maximum atomic E-state index is 5.23. The van der Waals surface area contributed by atoms with Gasteiger partial charge in [0, 0.05) is 23.4 Å². The van der Waals surface area contributed by atoms with Gasteiger partial charge in [0.2, 0.25) is 0 Å². The highest BCUT2D eigenvalue weighted by Gasteiger charge is 2.24. The van der Waals surface area contributed by atoms with Crippen LogP contribution in [0.4, 0.5) is 0 Å². The number of rotatable bonds is 3. The zero-order valence-corrected chi connectivity index (χ0v) is 9.89. The van der Waals surface area contributed by atoms with Crippen molar-refractivity contribution >= 4 is 0 Å². The van der Waals surface area contributed by atoms with Gasteiger partial charge < -0.3 is 4.74 Å². The molecule has 2 nitrogen and oxygen atoms in total. The first-order valence-corrected chi connectivity index (χ1v) is 5.97. The van der Waals surface area contributed by atoms with Crippen molar-refractivity contribution in [3.63, 3.8) is 0 Å². The van der Waals surface area contributed by atoms with Crippen molar-refractivity contribution < 1.29 is 4.74 Å². The molecule has 86 valence electrons. The van der Waals surface area contributed by atoms with Crippen LogP contribution in [0, 0.1) is 0 Å². The smallest absolute Gasteiger partial charge is 0.119 e. The number of aromatic nitrogens is 1. The van der Waals surface area contributed by atoms with Crippen LogP contribution in [0.25, 0.3) is 11.1 Å². The molecule has 1 aliphatic carbocycles. The van der Waals surface area contributed by atoms with Crippen molar-refractivity contribution in [2.45, 2.75) is 18.8 Å². The molecule has 0 spiro atoms. The van der Waals surface area contributed by atoms with Gasteiger partial charge in [0.1, 0.15) is 5.75 Å². The van der Waals surface area contributed by atoms with Crippen molar-refractivity contribution in [3.8, 4) is 16.9 Å². The summed E-state index contributed by atoms with van der Waals surface area (Å²) in [5, 5.41) is 0. The van der Waals surface area contributed by atoms with Crippen LogP contribution in [-0.4, -0.2) is 12.1 Å². The fourth-order valence-electron chi connectivity index (χ4n) is 2.00. The lowest BCUT2D eigenvalue weighted by Crippen LogP contribution is -1.87. The van der Waals surface area contributed by atoms with Crippen LogP contribution in [0.15, 0.2) is 42.6 Å². The topological polar surface area (TPSA) is 22.1 Å². The van der Waals surface area contributed by atoms with Crippen molar-refractivity contribution in [3.05, 3.63) is 48.3 Å². The lowest BCUT2D eigenvalue weighted by molar-refractivity contribution is 0.415. The summed E-state index contributed by atoms with van der Waals surface area (Å²) < 4.78 is 5.23. The molecule has 1 fully saturated rings. The summed E-state index contributed by atoms with van der Waals surface area (Å²) in [7, 11) is 1.69. The maximum absolute atomic E-state index is 5.23. The number of hydrogen-bond acceptors (Lipinski definition) is 2. The molecule has 0 unspecified atom stereocenters. The first-order chi connectivity index (χ1) is 8.36. The zero-order valence-electron chi connectivity index (χ0n) is 9.89. The Labute approximate surface area is 101 Å². The van der Waals surface area contributed by atoms with Crippen LogP contribution < -0.4 is 4.74 Å².